The van der Waals surface area contributed by atoms with Crippen molar-refractivity contribution < 1.29 is 8.42 Å². The first-order valence-corrected chi connectivity index (χ1v) is 8.77. The van der Waals surface area contributed by atoms with Gasteiger partial charge < -0.3 is 10.2 Å². The van der Waals surface area contributed by atoms with Gasteiger partial charge in [0.1, 0.15) is 0 Å². The molecule has 2 N–H and O–H groups in total. The van der Waals surface area contributed by atoms with Crippen LogP contribution in [-0.4, -0.2) is 58.8 Å². The highest BCUT2D eigenvalue weighted by Crippen LogP contribution is 2.07. The van der Waals surface area contributed by atoms with E-state index in [1.165, 1.54) is 0 Å². The first-order chi connectivity index (χ1) is 8.76. The molecule has 0 aromatic carbocycles. The maximum atomic E-state index is 12.0. The predicted octanol–water partition coefficient (Wildman–Crippen LogP) is 0.882. The minimum atomic E-state index is -3.17. The van der Waals surface area contributed by atoms with E-state index in [1.54, 1.807) is 0 Å². The van der Waals surface area contributed by atoms with E-state index in [0.29, 0.717) is 12.3 Å². The van der Waals surface area contributed by atoms with Crippen molar-refractivity contribution in [1.82, 2.24) is 14.9 Å². The minimum Gasteiger partial charge on any atom is -0.317 e. The average Bonchev–Trinajstić information content (AvgIpc) is 2.21. The van der Waals surface area contributed by atoms with Gasteiger partial charge in [-0.15, -0.1) is 0 Å². The highest BCUT2D eigenvalue weighted by Gasteiger charge is 2.19. The first-order valence-electron chi connectivity index (χ1n) is 7.12. The molecule has 0 aliphatic carbocycles. The van der Waals surface area contributed by atoms with Crippen molar-refractivity contribution in [2.45, 2.75) is 39.7 Å². The van der Waals surface area contributed by atoms with Crippen LogP contribution in [-0.2, 0) is 10.0 Å². The molecule has 0 fully saturated rings. The smallest absolute Gasteiger partial charge is 0.211 e. The highest BCUT2D eigenvalue weighted by atomic mass is 32.2. The van der Waals surface area contributed by atoms with Crippen molar-refractivity contribution in [3.05, 3.63) is 0 Å². The molecule has 0 aliphatic rings. The summed E-state index contributed by atoms with van der Waals surface area (Å²) in [5.41, 5.74) is 0. The Balaban J connectivity index is 4.29. The summed E-state index contributed by atoms with van der Waals surface area (Å²) in [6.07, 6.45) is 1.52. The molecule has 0 aromatic heterocycles. The molecule has 116 valence electrons. The Morgan fingerprint density at radius 1 is 1.21 bits per heavy atom. The third-order valence-corrected chi connectivity index (χ3v) is 4.22. The van der Waals surface area contributed by atoms with E-state index in [-0.39, 0.29) is 11.8 Å². The molecule has 0 bridgehead atoms. The molecule has 1 atom stereocenters. The largest absolute Gasteiger partial charge is 0.317 e. The van der Waals surface area contributed by atoms with Crippen LogP contribution in [0.1, 0.15) is 33.6 Å². The van der Waals surface area contributed by atoms with Crippen LogP contribution in [0.4, 0.5) is 0 Å². The Kier molecular flexibility index (Phi) is 9.60. The number of rotatable bonds is 11. The summed E-state index contributed by atoms with van der Waals surface area (Å²) >= 11 is 0. The van der Waals surface area contributed by atoms with Crippen LogP contribution < -0.4 is 10.0 Å². The fourth-order valence-corrected chi connectivity index (χ4v) is 3.37. The number of sulfonamides is 1. The van der Waals surface area contributed by atoms with E-state index in [4.69, 9.17) is 0 Å². The number of nitrogens with one attached hydrogen (secondary N) is 2. The maximum absolute atomic E-state index is 12.0. The lowest BCUT2D eigenvalue weighted by molar-refractivity contribution is 0.329. The Hall–Kier alpha value is -0.170. The van der Waals surface area contributed by atoms with Crippen LogP contribution >= 0.6 is 0 Å². The van der Waals surface area contributed by atoms with E-state index in [2.05, 4.69) is 23.9 Å². The molecule has 0 amide bonds. The van der Waals surface area contributed by atoms with Gasteiger partial charge in [0.15, 0.2) is 0 Å². The summed E-state index contributed by atoms with van der Waals surface area (Å²) in [5, 5.41) is 3.14. The van der Waals surface area contributed by atoms with Crippen LogP contribution in [0.2, 0.25) is 0 Å². The third-order valence-electron chi connectivity index (χ3n) is 2.70. The standard InChI is InChI=1S/C13H31N3O2S/c1-6-14-8-7-9-19(17,18)15-13(10-12(2)3)11-16(4)5/h12-15H,6-11H2,1-5H3. The van der Waals surface area contributed by atoms with E-state index in [0.717, 1.165) is 26.1 Å². The summed E-state index contributed by atoms with van der Waals surface area (Å²) in [7, 11) is 0.761. The molecule has 0 aliphatic heterocycles. The minimum absolute atomic E-state index is 0.000802. The molecule has 6 heteroatoms. The van der Waals surface area contributed by atoms with Gasteiger partial charge in [0.25, 0.3) is 0 Å². The third kappa shape index (κ3) is 11.4. The van der Waals surface area contributed by atoms with Gasteiger partial charge in [0.2, 0.25) is 10.0 Å². The molecule has 0 rings (SSSR count). The Morgan fingerprint density at radius 2 is 1.84 bits per heavy atom. The Bertz CT molecular complexity index is 306. The predicted molar refractivity (Wildman–Crippen MR) is 81.9 cm³/mol. The van der Waals surface area contributed by atoms with Crippen LogP contribution in [0.15, 0.2) is 0 Å². The normalized spacial score (nSPS) is 14.3. The molecule has 5 nitrogen and oxygen atoms in total. The zero-order valence-electron chi connectivity index (χ0n) is 13.1. The zero-order chi connectivity index (χ0) is 14.9. The summed E-state index contributed by atoms with van der Waals surface area (Å²) in [4.78, 5) is 2.02. The number of hydrogen-bond donors (Lipinski definition) is 2. The molecule has 1 unspecified atom stereocenters. The fraction of sp³-hybridized carbons (Fsp3) is 1.00. The van der Waals surface area contributed by atoms with Gasteiger partial charge in [-0.2, -0.15) is 0 Å². The van der Waals surface area contributed by atoms with E-state index >= 15 is 0 Å². The van der Waals surface area contributed by atoms with Crippen molar-refractivity contribution in [2.75, 3.05) is 39.5 Å². The van der Waals surface area contributed by atoms with Crippen LogP contribution in [0.5, 0.6) is 0 Å². The van der Waals surface area contributed by atoms with Gasteiger partial charge in [-0.1, -0.05) is 20.8 Å². The molecule has 0 spiro atoms. The number of likely N-dealkylation sites (N-methyl/N-ethyl adjacent to an activating group) is 1. The quantitative estimate of drug-likeness (QED) is 0.555. The monoisotopic (exact) mass is 293 g/mol. The van der Waals surface area contributed by atoms with Gasteiger partial charge in [0.05, 0.1) is 5.75 Å². The molecule has 0 radical (unpaired) electrons. The summed E-state index contributed by atoms with van der Waals surface area (Å²) < 4.78 is 26.9. The van der Waals surface area contributed by atoms with Crippen LogP contribution in [0.3, 0.4) is 0 Å². The zero-order valence-corrected chi connectivity index (χ0v) is 13.9. The lowest BCUT2D eigenvalue weighted by Crippen LogP contribution is -2.43. The molecule has 19 heavy (non-hydrogen) atoms. The van der Waals surface area contributed by atoms with Crippen LogP contribution in [0.25, 0.3) is 0 Å². The number of hydrogen-bond acceptors (Lipinski definition) is 4. The Morgan fingerprint density at radius 3 is 2.32 bits per heavy atom. The van der Waals surface area contributed by atoms with Crippen molar-refractivity contribution in [3.63, 3.8) is 0 Å². The van der Waals surface area contributed by atoms with Crippen molar-refractivity contribution in [2.24, 2.45) is 5.92 Å². The molecule has 0 heterocycles. The van der Waals surface area contributed by atoms with Crippen molar-refractivity contribution >= 4 is 10.0 Å². The number of nitrogens with zero attached hydrogens (tertiary/aromatic N) is 1. The topological polar surface area (TPSA) is 61.4 Å². The van der Waals surface area contributed by atoms with Gasteiger partial charge in [-0.3, -0.25) is 0 Å². The summed E-state index contributed by atoms with van der Waals surface area (Å²) in [5.74, 6) is 0.677. The molecule has 0 aromatic rings. The summed E-state index contributed by atoms with van der Waals surface area (Å²) in [6.45, 7) is 8.61. The van der Waals surface area contributed by atoms with Crippen molar-refractivity contribution in [3.8, 4) is 0 Å². The highest BCUT2D eigenvalue weighted by molar-refractivity contribution is 7.89. The SMILES string of the molecule is CCNCCCS(=O)(=O)NC(CC(C)C)CN(C)C. The summed E-state index contributed by atoms with van der Waals surface area (Å²) in [6, 6.07) is -0.000802. The van der Waals surface area contributed by atoms with Gasteiger partial charge in [0, 0.05) is 12.6 Å². The second kappa shape index (κ2) is 9.69. The van der Waals surface area contributed by atoms with E-state index in [9.17, 15) is 8.42 Å². The lowest BCUT2D eigenvalue weighted by atomic mass is 10.0. The lowest BCUT2D eigenvalue weighted by Gasteiger charge is -2.23. The second-order valence-electron chi connectivity index (χ2n) is 5.73. The fourth-order valence-electron chi connectivity index (χ4n) is 2.05. The van der Waals surface area contributed by atoms with Crippen LogP contribution in [0, 0.1) is 5.92 Å². The Labute approximate surface area is 119 Å². The molecule has 0 saturated heterocycles. The second-order valence-corrected chi connectivity index (χ2v) is 7.61. The van der Waals surface area contributed by atoms with Gasteiger partial charge in [-0.25, -0.2) is 13.1 Å². The van der Waals surface area contributed by atoms with E-state index < -0.39 is 10.0 Å². The van der Waals surface area contributed by atoms with Crippen molar-refractivity contribution in [1.29, 1.82) is 0 Å². The van der Waals surface area contributed by atoms with Gasteiger partial charge in [-0.05, 0) is 45.9 Å². The average molecular weight is 293 g/mol. The van der Waals surface area contributed by atoms with E-state index in [1.807, 2.05) is 25.9 Å². The molecular weight excluding hydrogens is 262 g/mol. The molecular formula is C13H31N3O2S. The first kappa shape index (κ1) is 18.8. The van der Waals surface area contributed by atoms with Gasteiger partial charge >= 0.3 is 0 Å². The maximum Gasteiger partial charge on any atom is 0.211 e. The molecule has 0 saturated carbocycles.